The number of ether oxygens (including phenoxy) is 2. The maximum atomic E-state index is 12.3. The largest absolute Gasteiger partial charge is 0.497 e. The molecule has 0 aliphatic carbocycles. The predicted octanol–water partition coefficient (Wildman–Crippen LogP) is 1.92. The molecular formula is C17H23NO5. The number of amides is 1. The lowest BCUT2D eigenvalue weighted by atomic mass is 9.97. The highest BCUT2D eigenvalue weighted by atomic mass is 16.5. The number of aliphatic carboxylic acids is 1. The van der Waals surface area contributed by atoms with Gasteiger partial charge >= 0.3 is 5.97 Å². The quantitative estimate of drug-likeness (QED) is 0.866. The molecule has 1 aliphatic heterocycles. The third-order valence-corrected chi connectivity index (χ3v) is 4.14. The summed E-state index contributed by atoms with van der Waals surface area (Å²) < 4.78 is 10.8. The fraction of sp³-hybridized carbons (Fsp3) is 0.529. The van der Waals surface area contributed by atoms with Gasteiger partial charge in [-0.1, -0.05) is 12.1 Å². The van der Waals surface area contributed by atoms with E-state index in [2.05, 4.69) is 0 Å². The van der Waals surface area contributed by atoms with Crippen LogP contribution in [0.15, 0.2) is 24.3 Å². The number of rotatable bonds is 6. The molecule has 1 aliphatic rings. The van der Waals surface area contributed by atoms with Gasteiger partial charge in [0.1, 0.15) is 11.9 Å². The second kappa shape index (κ2) is 7.97. The molecule has 1 amide bonds. The first-order valence-electron chi connectivity index (χ1n) is 7.77. The number of hydrogen-bond donors (Lipinski definition) is 1. The molecule has 0 bridgehead atoms. The summed E-state index contributed by atoms with van der Waals surface area (Å²) >= 11 is 0. The van der Waals surface area contributed by atoms with Crippen LogP contribution in [0.2, 0.25) is 0 Å². The molecule has 1 fully saturated rings. The van der Waals surface area contributed by atoms with E-state index >= 15 is 0 Å². The maximum Gasteiger partial charge on any atom is 0.306 e. The summed E-state index contributed by atoms with van der Waals surface area (Å²) in [4.78, 5) is 25.0. The Kier molecular flexibility index (Phi) is 5.98. The zero-order valence-corrected chi connectivity index (χ0v) is 13.5. The van der Waals surface area contributed by atoms with Crippen LogP contribution in [-0.4, -0.2) is 48.2 Å². The average molecular weight is 321 g/mol. The fourth-order valence-corrected chi connectivity index (χ4v) is 2.66. The number of methoxy groups -OCH3 is 1. The van der Waals surface area contributed by atoms with Crippen LogP contribution >= 0.6 is 0 Å². The number of hydrogen-bond acceptors (Lipinski definition) is 4. The van der Waals surface area contributed by atoms with Gasteiger partial charge in [-0.15, -0.1) is 0 Å². The molecule has 1 aromatic carbocycles. The number of likely N-dealkylation sites (tertiary alicyclic amines) is 1. The van der Waals surface area contributed by atoms with Crippen molar-refractivity contribution in [2.75, 3.05) is 20.2 Å². The minimum atomic E-state index is -0.778. The summed E-state index contributed by atoms with van der Waals surface area (Å²) in [5.41, 5.74) is 0.939. The molecule has 2 rings (SSSR count). The zero-order chi connectivity index (χ0) is 16.8. The topological polar surface area (TPSA) is 76.1 Å². The van der Waals surface area contributed by atoms with E-state index in [4.69, 9.17) is 14.6 Å². The lowest BCUT2D eigenvalue weighted by Gasteiger charge is -2.31. The number of nitrogens with zero attached hydrogens (tertiary/aromatic N) is 1. The predicted molar refractivity (Wildman–Crippen MR) is 84.2 cm³/mol. The monoisotopic (exact) mass is 321 g/mol. The van der Waals surface area contributed by atoms with E-state index in [0.717, 1.165) is 11.3 Å². The molecule has 6 heteroatoms. The van der Waals surface area contributed by atoms with Crippen LogP contribution in [0.3, 0.4) is 0 Å². The van der Waals surface area contributed by atoms with Crippen molar-refractivity contribution in [2.24, 2.45) is 5.92 Å². The Labute approximate surface area is 136 Å². The lowest BCUT2D eigenvalue weighted by molar-refractivity contribution is -0.150. The van der Waals surface area contributed by atoms with Gasteiger partial charge in [-0.3, -0.25) is 9.59 Å². The van der Waals surface area contributed by atoms with Crippen molar-refractivity contribution >= 4 is 11.9 Å². The molecule has 0 unspecified atom stereocenters. The number of carbonyl (C=O) groups is 2. The number of piperidine rings is 1. The highest BCUT2D eigenvalue weighted by Crippen LogP contribution is 2.19. The van der Waals surface area contributed by atoms with Gasteiger partial charge in [0.2, 0.25) is 0 Å². The summed E-state index contributed by atoms with van der Waals surface area (Å²) in [7, 11) is 1.60. The van der Waals surface area contributed by atoms with Crippen molar-refractivity contribution in [3.8, 4) is 5.75 Å². The Morgan fingerprint density at radius 3 is 2.65 bits per heavy atom. The van der Waals surface area contributed by atoms with Crippen LogP contribution in [0.25, 0.3) is 0 Å². The molecule has 0 spiro atoms. The van der Waals surface area contributed by atoms with Crippen LogP contribution in [0.4, 0.5) is 0 Å². The van der Waals surface area contributed by atoms with Crippen molar-refractivity contribution in [3.05, 3.63) is 29.8 Å². The van der Waals surface area contributed by atoms with Gasteiger partial charge in [0.05, 0.1) is 19.6 Å². The lowest BCUT2D eigenvalue weighted by Crippen LogP contribution is -2.44. The SMILES string of the molecule is COc1cccc(CO[C@@H](C)C(=O)N2CCC(C(=O)O)CC2)c1. The number of carbonyl (C=O) groups excluding carboxylic acids is 1. The number of benzene rings is 1. The first-order valence-corrected chi connectivity index (χ1v) is 7.77. The third kappa shape index (κ3) is 4.69. The second-order valence-corrected chi connectivity index (χ2v) is 5.74. The molecule has 1 atom stereocenters. The molecule has 0 saturated carbocycles. The fourth-order valence-electron chi connectivity index (χ4n) is 2.66. The van der Waals surface area contributed by atoms with E-state index in [1.807, 2.05) is 24.3 Å². The molecule has 126 valence electrons. The van der Waals surface area contributed by atoms with Crippen LogP contribution in [0.5, 0.6) is 5.75 Å². The summed E-state index contributed by atoms with van der Waals surface area (Å²) in [6.45, 7) is 3.01. The Hall–Kier alpha value is -2.08. The summed E-state index contributed by atoms with van der Waals surface area (Å²) in [6.07, 6.45) is 0.454. The Balaban J connectivity index is 1.82. The summed E-state index contributed by atoms with van der Waals surface area (Å²) in [6, 6.07) is 7.51. The molecule has 1 aromatic rings. The highest BCUT2D eigenvalue weighted by Gasteiger charge is 2.29. The van der Waals surface area contributed by atoms with Crippen molar-refractivity contribution in [1.29, 1.82) is 0 Å². The normalized spacial score (nSPS) is 16.9. The number of carboxylic acid groups (broad SMARTS) is 1. The van der Waals surface area contributed by atoms with E-state index in [-0.39, 0.29) is 11.8 Å². The van der Waals surface area contributed by atoms with E-state index < -0.39 is 12.1 Å². The van der Waals surface area contributed by atoms with Gasteiger partial charge in [-0.25, -0.2) is 0 Å². The molecule has 1 heterocycles. The first-order chi connectivity index (χ1) is 11.0. The average Bonchev–Trinajstić information content (AvgIpc) is 2.59. The van der Waals surface area contributed by atoms with E-state index in [1.165, 1.54) is 0 Å². The third-order valence-electron chi connectivity index (χ3n) is 4.14. The smallest absolute Gasteiger partial charge is 0.306 e. The van der Waals surface area contributed by atoms with Crippen LogP contribution in [0.1, 0.15) is 25.3 Å². The van der Waals surface area contributed by atoms with Crippen molar-refractivity contribution in [2.45, 2.75) is 32.5 Å². The van der Waals surface area contributed by atoms with Gasteiger partial charge in [0.25, 0.3) is 5.91 Å². The summed E-state index contributed by atoms with van der Waals surface area (Å²) in [5.74, 6) is -0.455. The second-order valence-electron chi connectivity index (χ2n) is 5.74. The van der Waals surface area contributed by atoms with Crippen molar-refractivity contribution in [1.82, 2.24) is 4.90 Å². The molecule has 0 aromatic heterocycles. The molecule has 0 radical (unpaired) electrons. The first kappa shape index (κ1) is 17.3. The molecular weight excluding hydrogens is 298 g/mol. The highest BCUT2D eigenvalue weighted by molar-refractivity contribution is 5.81. The van der Waals surface area contributed by atoms with Crippen LogP contribution in [0, 0.1) is 5.92 Å². The van der Waals surface area contributed by atoms with Gasteiger partial charge in [0, 0.05) is 13.1 Å². The van der Waals surface area contributed by atoms with Crippen molar-refractivity contribution in [3.63, 3.8) is 0 Å². The summed E-state index contributed by atoms with van der Waals surface area (Å²) in [5, 5.41) is 8.99. The van der Waals surface area contributed by atoms with Gasteiger partial charge in [0.15, 0.2) is 0 Å². The maximum absolute atomic E-state index is 12.3. The van der Waals surface area contributed by atoms with Crippen molar-refractivity contribution < 1.29 is 24.2 Å². The van der Waals surface area contributed by atoms with E-state index in [1.54, 1.807) is 18.9 Å². The van der Waals surface area contributed by atoms with Crippen LogP contribution in [-0.2, 0) is 20.9 Å². The minimum absolute atomic E-state index is 0.0864. The Morgan fingerprint density at radius 1 is 1.35 bits per heavy atom. The van der Waals surface area contributed by atoms with E-state index in [9.17, 15) is 9.59 Å². The molecule has 1 saturated heterocycles. The van der Waals surface area contributed by atoms with Gasteiger partial charge < -0.3 is 19.5 Å². The van der Waals surface area contributed by atoms with Gasteiger partial charge in [-0.05, 0) is 37.5 Å². The van der Waals surface area contributed by atoms with Crippen LogP contribution < -0.4 is 4.74 Å². The Morgan fingerprint density at radius 2 is 2.04 bits per heavy atom. The molecule has 6 nitrogen and oxygen atoms in total. The van der Waals surface area contributed by atoms with E-state index in [0.29, 0.717) is 32.5 Å². The molecule has 1 N–H and O–H groups in total. The zero-order valence-electron chi connectivity index (χ0n) is 13.5. The Bertz CT molecular complexity index is 552. The molecule has 23 heavy (non-hydrogen) atoms. The number of carboxylic acids is 1. The standard InChI is InChI=1S/C17H23NO5/c1-12(23-11-13-4-3-5-15(10-13)22-2)16(19)18-8-6-14(7-9-18)17(20)21/h3-5,10,12,14H,6-9,11H2,1-2H3,(H,20,21)/t12-/m0/s1. The minimum Gasteiger partial charge on any atom is -0.497 e. The van der Waals surface area contributed by atoms with Gasteiger partial charge in [-0.2, -0.15) is 0 Å².